The first-order valence-corrected chi connectivity index (χ1v) is 11.8. The van der Waals surface area contributed by atoms with Gasteiger partial charge in [0.15, 0.2) is 11.5 Å². The van der Waals surface area contributed by atoms with Gasteiger partial charge in [0.2, 0.25) is 0 Å². The van der Waals surface area contributed by atoms with Crippen LogP contribution in [0.3, 0.4) is 0 Å². The molecule has 0 bridgehead atoms. The number of hydrogen-bond donors (Lipinski definition) is 1. The van der Waals surface area contributed by atoms with Gasteiger partial charge in [0.05, 0.1) is 6.61 Å². The Kier molecular flexibility index (Phi) is 8.75. The van der Waals surface area contributed by atoms with Crippen molar-refractivity contribution in [1.29, 1.82) is 5.26 Å². The Morgan fingerprint density at radius 3 is 2.47 bits per heavy atom. The number of aryl methyl sites for hydroxylation is 2. The summed E-state index contributed by atoms with van der Waals surface area (Å²) in [4.78, 5) is 12.8. The van der Waals surface area contributed by atoms with E-state index in [4.69, 9.17) is 21.1 Å². The SMILES string of the molecule is CCOc1cc(/C=C(\C#N)C(=O)Nc2cc(Cl)ccc2C)c(Br)cc1OCc1ccc(C)cc1. The summed E-state index contributed by atoms with van der Waals surface area (Å²) in [6, 6.07) is 18.8. The van der Waals surface area contributed by atoms with Gasteiger partial charge in [-0.15, -0.1) is 0 Å². The van der Waals surface area contributed by atoms with Gasteiger partial charge in [-0.1, -0.05) is 63.4 Å². The van der Waals surface area contributed by atoms with E-state index in [1.807, 2.05) is 51.1 Å². The minimum atomic E-state index is -0.530. The lowest BCUT2D eigenvalue weighted by atomic mass is 10.1. The Morgan fingerprint density at radius 1 is 1.09 bits per heavy atom. The molecule has 34 heavy (non-hydrogen) atoms. The van der Waals surface area contributed by atoms with E-state index in [1.54, 1.807) is 30.3 Å². The second-order valence-corrected chi connectivity index (χ2v) is 8.90. The van der Waals surface area contributed by atoms with E-state index >= 15 is 0 Å². The summed E-state index contributed by atoms with van der Waals surface area (Å²) in [5.74, 6) is 0.550. The normalized spacial score (nSPS) is 11.0. The molecular weight excluding hydrogens is 516 g/mol. The average Bonchev–Trinajstić information content (AvgIpc) is 2.81. The molecule has 5 nitrogen and oxygen atoms in total. The van der Waals surface area contributed by atoms with Crippen LogP contribution in [-0.2, 0) is 11.4 Å². The first-order valence-electron chi connectivity index (χ1n) is 10.6. The van der Waals surface area contributed by atoms with Crippen molar-refractivity contribution in [1.82, 2.24) is 0 Å². The van der Waals surface area contributed by atoms with Crippen molar-refractivity contribution in [3.63, 3.8) is 0 Å². The smallest absolute Gasteiger partial charge is 0.266 e. The first-order chi connectivity index (χ1) is 16.3. The van der Waals surface area contributed by atoms with Gasteiger partial charge >= 0.3 is 0 Å². The third kappa shape index (κ3) is 6.63. The van der Waals surface area contributed by atoms with Crippen molar-refractivity contribution >= 4 is 45.2 Å². The molecule has 0 aromatic heterocycles. The molecule has 0 unspecified atom stereocenters. The summed E-state index contributed by atoms with van der Waals surface area (Å²) in [6.45, 7) is 6.58. The summed E-state index contributed by atoms with van der Waals surface area (Å²) in [7, 11) is 0. The van der Waals surface area contributed by atoms with Crippen LogP contribution in [0.15, 0.2) is 64.6 Å². The van der Waals surface area contributed by atoms with Gasteiger partial charge in [0.25, 0.3) is 5.91 Å². The van der Waals surface area contributed by atoms with Crippen LogP contribution < -0.4 is 14.8 Å². The van der Waals surface area contributed by atoms with E-state index < -0.39 is 5.91 Å². The van der Waals surface area contributed by atoms with Crippen LogP contribution >= 0.6 is 27.5 Å². The molecule has 1 N–H and O–H groups in total. The molecule has 0 saturated heterocycles. The van der Waals surface area contributed by atoms with Gasteiger partial charge in [-0.05, 0) is 67.8 Å². The highest BCUT2D eigenvalue weighted by atomic mass is 79.9. The van der Waals surface area contributed by atoms with Gasteiger partial charge in [-0.25, -0.2) is 0 Å². The number of ether oxygens (including phenoxy) is 2. The van der Waals surface area contributed by atoms with Gasteiger partial charge in [-0.3, -0.25) is 4.79 Å². The average molecular weight is 540 g/mol. The van der Waals surface area contributed by atoms with Crippen LogP contribution in [0.4, 0.5) is 5.69 Å². The lowest BCUT2D eigenvalue weighted by Gasteiger charge is -2.14. The zero-order valence-electron chi connectivity index (χ0n) is 19.1. The van der Waals surface area contributed by atoms with Crippen LogP contribution in [0.2, 0.25) is 5.02 Å². The summed E-state index contributed by atoms with van der Waals surface area (Å²) in [6.07, 6.45) is 1.51. The van der Waals surface area contributed by atoms with Crippen molar-refractivity contribution in [3.05, 3.63) is 91.9 Å². The molecule has 0 aliphatic heterocycles. The lowest BCUT2D eigenvalue weighted by molar-refractivity contribution is -0.112. The van der Waals surface area contributed by atoms with E-state index in [1.165, 1.54) is 11.6 Å². The number of halogens is 2. The molecule has 174 valence electrons. The summed E-state index contributed by atoms with van der Waals surface area (Å²) >= 11 is 9.56. The third-order valence-corrected chi connectivity index (χ3v) is 5.91. The molecule has 0 spiro atoms. The number of nitriles is 1. The highest BCUT2D eigenvalue weighted by Gasteiger charge is 2.15. The lowest BCUT2D eigenvalue weighted by Crippen LogP contribution is -2.14. The first kappa shape index (κ1) is 25.4. The maximum absolute atomic E-state index is 12.8. The summed E-state index contributed by atoms with van der Waals surface area (Å²) < 4.78 is 12.4. The Hall–Kier alpha value is -3.27. The fourth-order valence-electron chi connectivity index (χ4n) is 3.11. The maximum atomic E-state index is 12.8. The van der Waals surface area contributed by atoms with E-state index in [9.17, 15) is 10.1 Å². The van der Waals surface area contributed by atoms with Crippen LogP contribution in [0.5, 0.6) is 11.5 Å². The molecule has 0 saturated carbocycles. The van der Waals surface area contributed by atoms with Crippen molar-refractivity contribution in [2.75, 3.05) is 11.9 Å². The monoisotopic (exact) mass is 538 g/mol. The number of nitrogens with zero attached hydrogens (tertiary/aromatic N) is 1. The Labute approximate surface area is 213 Å². The number of rotatable bonds is 8. The van der Waals surface area contributed by atoms with Crippen molar-refractivity contribution < 1.29 is 14.3 Å². The predicted molar refractivity (Wildman–Crippen MR) is 139 cm³/mol. The molecule has 0 atom stereocenters. The molecular formula is C27H24BrClN2O3. The van der Waals surface area contributed by atoms with E-state index in [0.29, 0.717) is 45.5 Å². The number of hydrogen-bond acceptors (Lipinski definition) is 4. The topological polar surface area (TPSA) is 71.3 Å². The van der Waals surface area contributed by atoms with Crippen LogP contribution in [-0.4, -0.2) is 12.5 Å². The van der Waals surface area contributed by atoms with Crippen LogP contribution in [0.25, 0.3) is 6.08 Å². The molecule has 0 aliphatic rings. The fraction of sp³-hybridized carbons (Fsp3) is 0.185. The summed E-state index contributed by atoms with van der Waals surface area (Å²) in [5, 5.41) is 12.9. The fourth-order valence-corrected chi connectivity index (χ4v) is 3.72. The molecule has 7 heteroatoms. The Balaban J connectivity index is 1.86. The zero-order valence-corrected chi connectivity index (χ0v) is 21.5. The second-order valence-electron chi connectivity index (χ2n) is 7.61. The van der Waals surface area contributed by atoms with E-state index in [-0.39, 0.29) is 5.57 Å². The van der Waals surface area contributed by atoms with E-state index in [2.05, 4.69) is 21.2 Å². The molecule has 3 aromatic carbocycles. The van der Waals surface area contributed by atoms with Gasteiger partial charge in [-0.2, -0.15) is 5.26 Å². The molecule has 0 fully saturated rings. The number of carbonyl (C=O) groups excluding carboxylic acids is 1. The minimum Gasteiger partial charge on any atom is -0.490 e. The number of nitrogens with one attached hydrogen (secondary N) is 1. The number of carbonyl (C=O) groups is 1. The van der Waals surface area contributed by atoms with Crippen LogP contribution in [0, 0.1) is 25.2 Å². The third-order valence-electron chi connectivity index (χ3n) is 4.99. The Morgan fingerprint density at radius 2 is 1.79 bits per heavy atom. The van der Waals surface area contributed by atoms with Crippen molar-refractivity contribution in [2.24, 2.45) is 0 Å². The standard InChI is InChI=1S/C27H24BrClN2O3/c1-4-33-25-12-20(23(28)14-26(25)34-16-19-8-5-17(2)6-9-19)11-21(15-30)27(32)31-24-13-22(29)10-7-18(24)3/h5-14H,4,16H2,1-3H3,(H,31,32)/b21-11+. The molecule has 1 amide bonds. The molecule has 0 radical (unpaired) electrons. The zero-order chi connectivity index (χ0) is 24.7. The Bertz CT molecular complexity index is 1260. The highest BCUT2D eigenvalue weighted by Crippen LogP contribution is 2.35. The van der Waals surface area contributed by atoms with Gasteiger partial charge in [0, 0.05) is 15.2 Å². The molecule has 3 aromatic rings. The van der Waals surface area contributed by atoms with E-state index in [0.717, 1.165) is 11.1 Å². The molecule has 0 heterocycles. The highest BCUT2D eigenvalue weighted by molar-refractivity contribution is 9.10. The summed E-state index contributed by atoms with van der Waals surface area (Å²) in [5.41, 5.74) is 4.15. The predicted octanol–water partition coefficient (Wildman–Crippen LogP) is 7.24. The quantitative estimate of drug-likeness (QED) is 0.242. The van der Waals surface area contributed by atoms with Gasteiger partial charge < -0.3 is 14.8 Å². The molecule has 3 rings (SSSR count). The number of amides is 1. The van der Waals surface area contributed by atoms with Gasteiger partial charge in [0.1, 0.15) is 18.2 Å². The van der Waals surface area contributed by atoms with Crippen LogP contribution in [0.1, 0.15) is 29.2 Å². The van der Waals surface area contributed by atoms with Crippen molar-refractivity contribution in [3.8, 4) is 17.6 Å². The number of benzene rings is 3. The molecule has 0 aliphatic carbocycles. The second kappa shape index (κ2) is 11.7. The number of anilines is 1. The largest absolute Gasteiger partial charge is 0.490 e. The minimum absolute atomic E-state index is 0.0594. The maximum Gasteiger partial charge on any atom is 0.266 e. The van der Waals surface area contributed by atoms with Crippen molar-refractivity contribution in [2.45, 2.75) is 27.4 Å².